The van der Waals surface area contributed by atoms with E-state index in [9.17, 15) is 9.18 Å². The maximum Gasteiger partial charge on any atom is 0.334 e. The number of nitrogens with one attached hydrogen (secondary N) is 1. The van der Waals surface area contributed by atoms with Gasteiger partial charge in [-0.1, -0.05) is 31.3 Å². The maximum atomic E-state index is 16.9. The fraction of sp³-hybridized carbons (Fsp3) is 0.885. The number of amides is 2. The van der Waals surface area contributed by atoms with E-state index in [0.717, 1.165) is 37.3 Å². The number of aromatic nitrogens is 2. The van der Waals surface area contributed by atoms with Crippen LogP contribution < -0.4 is 5.32 Å². The first-order valence-electron chi connectivity index (χ1n) is 13.9. The molecule has 5 rings (SSSR count). The van der Waals surface area contributed by atoms with Crippen LogP contribution in [-0.4, -0.2) is 88.5 Å². The number of alkyl halides is 3. The largest absolute Gasteiger partial charge is 0.341 e. The van der Waals surface area contributed by atoms with E-state index < -0.39 is 41.7 Å². The Balaban J connectivity index is 1.55. The molecule has 4 fully saturated rings. The average Bonchev–Trinajstić information content (AvgIpc) is 3.39. The van der Waals surface area contributed by atoms with Crippen LogP contribution in [0, 0.1) is 11.8 Å². The number of hydrogen-bond acceptors (Lipinski definition) is 6. The predicted octanol–water partition coefficient (Wildman–Crippen LogP) is 4.34. The number of likely N-dealkylation sites (tertiary alicyclic amines) is 1. The van der Waals surface area contributed by atoms with Crippen molar-refractivity contribution in [3.8, 4) is 0 Å². The minimum atomic E-state index is -3.43. The van der Waals surface area contributed by atoms with Crippen molar-refractivity contribution in [2.75, 3.05) is 33.2 Å². The number of piperazine rings is 1. The molecule has 208 valence electrons. The van der Waals surface area contributed by atoms with Crippen LogP contribution in [0.25, 0.3) is 0 Å². The van der Waals surface area contributed by atoms with Crippen molar-refractivity contribution in [3.05, 3.63) is 11.7 Å². The van der Waals surface area contributed by atoms with Crippen molar-refractivity contribution in [1.29, 1.82) is 0 Å². The highest BCUT2D eigenvalue weighted by molar-refractivity contribution is 5.75. The van der Waals surface area contributed by atoms with Gasteiger partial charge in [0.2, 0.25) is 5.89 Å². The van der Waals surface area contributed by atoms with Gasteiger partial charge in [-0.15, -0.1) is 0 Å². The first-order valence-corrected chi connectivity index (χ1v) is 13.9. The molecule has 2 aliphatic carbocycles. The Kier molecular flexibility index (Phi) is 7.23. The van der Waals surface area contributed by atoms with Crippen LogP contribution in [0.4, 0.5) is 18.0 Å². The lowest BCUT2D eigenvalue weighted by molar-refractivity contribution is -0.260. The van der Waals surface area contributed by atoms with Crippen molar-refractivity contribution in [3.63, 3.8) is 0 Å². The van der Waals surface area contributed by atoms with Crippen molar-refractivity contribution in [1.82, 2.24) is 30.2 Å². The second-order valence-electron chi connectivity index (χ2n) is 12.0. The van der Waals surface area contributed by atoms with E-state index in [1.165, 1.54) is 7.05 Å². The third-order valence-corrected chi connectivity index (χ3v) is 9.32. The molecule has 2 unspecified atom stereocenters. The summed E-state index contributed by atoms with van der Waals surface area (Å²) in [5, 5.41) is 6.68. The first kappa shape index (κ1) is 26.7. The van der Waals surface area contributed by atoms with Gasteiger partial charge in [0.1, 0.15) is 6.17 Å². The molecule has 0 aromatic carbocycles. The van der Waals surface area contributed by atoms with Crippen LogP contribution in [0.3, 0.4) is 0 Å². The summed E-state index contributed by atoms with van der Waals surface area (Å²) in [7, 11) is 1.41. The molecule has 2 aliphatic heterocycles. The van der Waals surface area contributed by atoms with Crippen molar-refractivity contribution < 1.29 is 22.5 Å². The molecule has 1 aromatic rings. The smallest absolute Gasteiger partial charge is 0.334 e. The molecule has 3 heterocycles. The van der Waals surface area contributed by atoms with E-state index >= 15 is 8.78 Å². The lowest BCUT2D eigenvalue weighted by Crippen LogP contribution is -2.72. The van der Waals surface area contributed by atoms with Crippen LogP contribution in [0.15, 0.2) is 4.52 Å². The molecule has 0 spiro atoms. The number of halogens is 3. The molecule has 8 nitrogen and oxygen atoms in total. The van der Waals surface area contributed by atoms with Crippen LogP contribution in [0.1, 0.15) is 83.3 Å². The van der Waals surface area contributed by atoms with Gasteiger partial charge in [-0.3, -0.25) is 9.80 Å². The SMILES string of the molecule is CNC(=O)N1[C@H](N2CCN(C(C)C)CC2)CC(C)(c2noc([C@@H]3C[C@@H]3F)n2)C(C2CCCCC2)C1(F)F. The monoisotopic (exact) mass is 526 g/mol. The number of urea groups is 1. The van der Waals surface area contributed by atoms with E-state index in [0.29, 0.717) is 38.4 Å². The highest BCUT2D eigenvalue weighted by Gasteiger charge is 2.67. The van der Waals surface area contributed by atoms with Gasteiger partial charge in [0.15, 0.2) is 5.82 Å². The number of piperidine rings is 1. The highest BCUT2D eigenvalue weighted by Crippen LogP contribution is 2.57. The minimum Gasteiger partial charge on any atom is -0.341 e. The third-order valence-electron chi connectivity index (χ3n) is 9.32. The van der Waals surface area contributed by atoms with Crippen molar-refractivity contribution in [2.45, 2.75) is 101 Å². The molecule has 11 heteroatoms. The van der Waals surface area contributed by atoms with Gasteiger partial charge in [-0.25, -0.2) is 14.1 Å². The predicted molar refractivity (Wildman–Crippen MR) is 132 cm³/mol. The summed E-state index contributed by atoms with van der Waals surface area (Å²) in [4.78, 5) is 22.8. The highest BCUT2D eigenvalue weighted by atomic mass is 19.3. The number of carbonyl (C=O) groups is 1. The topological polar surface area (TPSA) is 77.7 Å². The minimum absolute atomic E-state index is 0.199. The summed E-state index contributed by atoms with van der Waals surface area (Å²) in [6.07, 6.45) is 2.90. The average molecular weight is 527 g/mol. The third kappa shape index (κ3) is 4.75. The normalized spacial score (nSPS) is 35.6. The van der Waals surface area contributed by atoms with Gasteiger partial charge >= 0.3 is 12.1 Å². The Hall–Kier alpha value is -1.88. The summed E-state index contributed by atoms with van der Waals surface area (Å²) >= 11 is 0. The number of carbonyl (C=O) groups excluding carboxylic acids is 1. The Morgan fingerprint density at radius 2 is 1.78 bits per heavy atom. The number of rotatable bonds is 5. The van der Waals surface area contributed by atoms with E-state index in [4.69, 9.17) is 4.52 Å². The Labute approximate surface area is 217 Å². The zero-order chi connectivity index (χ0) is 26.5. The molecular formula is C26H41F3N6O2. The summed E-state index contributed by atoms with van der Waals surface area (Å²) in [5.41, 5.74) is -1.14. The lowest BCUT2D eigenvalue weighted by atomic mass is 9.60. The molecule has 5 atom stereocenters. The van der Waals surface area contributed by atoms with E-state index in [-0.39, 0.29) is 24.1 Å². The van der Waals surface area contributed by atoms with Crippen LogP contribution in [0.2, 0.25) is 0 Å². The second-order valence-corrected chi connectivity index (χ2v) is 12.0. The molecule has 2 amide bonds. The molecule has 2 saturated heterocycles. The zero-order valence-corrected chi connectivity index (χ0v) is 22.4. The Morgan fingerprint density at radius 3 is 2.35 bits per heavy atom. The summed E-state index contributed by atoms with van der Waals surface area (Å²) in [6, 6.07) is -3.83. The summed E-state index contributed by atoms with van der Waals surface area (Å²) in [5.74, 6) is -1.47. The van der Waals surface area contributed by atoms with Gasteiger partial charge in [0.25, 0.3) is 0 Å². The van der Waals surface area contributed by atoms with Crippen molar-refractivity contribution in [2.24, 2.45) is 11.8 Å². The maximum absolute atomic E-state index is 16.9. The lowest BCUT2D eigenvalue weighted by Gasteiger charge is -2.58. The molecule has 2 saturated carbocycles. The van der Waals surface area contributed by atoms with Gasteiger partial charge < -0.3 is 9.84 Å². The number of nitrogens with zero attached hydrogens (tertiary/aromatic N) is 5. The van der Waals surface area contributed by atoms with Gasteiger partial charge in [0, 0.05) is 44.7 Å². The molecule has 0 radical (unpaired) electrons. The summed E-state index contributed by atoms with van der Waals surface area (Å²) in [6.45, 7) is 8.73. The number of hydrogen-bond donors (Lipinski definition) is 1. The Bertz CT molecular complexity index is 962. The molecule has 37 heavy (non-hydrogen) atoms. The molecule has 4 aliphatic rings. The van der Waals surface area contributed by atoms with Crippen molar-refractivity contribution >= 4 is 6.03 Å². The van der Waals surface area contributed by atoms with Crippen LogP contribution in [-0.2, 0) is 5.41 Å². The standard InChI is InChI=1S/C26H41F3N6O2/c1-16(2)33-10-12-34(13-11-33)20-15-25(3,23-31-22(37-32-23)18-14-19(18)27)21(17-8-6-5-7-9-17)26(28,29)35(20)24(36)30-4/h16-21H,5-15H2,1-4H3,(H,30,36)/t18-,19+,20+,21?,25?/m1/s1. The summed E-state index contributed by atoms with van der Waals surface area (Å²) < 4.78 is 52.9. The van der Waals surface area contributed by atoms with Crippen LogP contribution in [0.5, 0.6) is 0 Å². The Morgan fingerprint density at radius 1 is 1.14 bits per heavy atom. The fourth-order valence-electron chi connectivity index (χ4n) is 7.10. The second kappa shape index (κ2) is 10.0. The molecular weight excluding hydrogens is 485 g/mol. The molecule has 0 bridgehead atoms. The fourth-order valence-corrected chi connectivity index (χ4v) is 7.10. The van der Waals surface area contributed by atoms with Gasteiger partial charge in [0.05, 0.1) is 18.0 Å². The van der Waals surface area contributed by atoms with Crippen LogP contribution >= 0.6 is 0 Å². The quantitative estimate of drug-likeness (QED) is 0.576. The first-order chi connectivity index (χ1) is 17.6. The zero-order valence-electron chi connectivity index (χ0n) is 22.4. The van der Waals surface area contributed by atoms with Gasteiger partial charge in [-0.05, 0) is 45.4 Å². The molecule has 1 N–H and O–H groups in total. The van der Waals surface area contributed by atoms with E-state index in [1.54, 1.807) is 0 Å². The van der Waals surface area contributed by atoms with E-state index in [1.807, 2.05) is 11.8 Å². The van der Waals surface area contributed by atoms with Gasteiger partial charge in [-0.2, -0.15) is 13.8 Å². The van der Waals surface area contributed by atoms with E-state index in [2.05, 4.69) is 34.2 Å². The molecule has 1 aromatic heterocycles.